The third-order valence-corrected chi connectivity index (χ3v) is 5.64. The molecule has 5 heteroatoms. The van der Waals surface area contributed by atoms with Crippen molar-refractivity contribution in [1.29, 1.82) is 5.26 Å². The quantitative estimate of drug-likeness (QED) is 0.801. The van der Waals surface area contributed by atoms with Crippen molar-refractivity contribution < 1.29 is 0 Å². The van der Waals surface area contributed by atoms with Crippen molar-refractivity contribution in [1.82, 2.24) is 4.98 Å². The Kier molecular flexibility index (Phi) is 3.25. The van der Waals surface area contributed by atoms with Crippen LogP contribution in [0.2, 0.25) is 0 Å². The maximum Gasteiger partial charge on any atom is 0.159 e. The van der Waals surface area contributed by atoms with Crippen LogP contribution in [-0.2, 0) is 0 Å². The van der Waals surface area contributed by atoms with Gasteiger partial charge in [0.15, 0.2) is 3.95 Å². The molecule has 0 saturated carbocycles. The summed E-state index contributed by atoms with van der Waals surface area (Å²) in [4.78, 5) is 4.44. The fourth-order valence-electron chi connectivity index (χ4n) is 2.25. The highest BCUT2D eigenvalue weighted by atomic mass is 32.2. The predicted octanol–water partition coefficient (Wildman–Crippen LogP) is 4.18. The summed E-state index contributed by atoms with van der Waals surface area (Å²) >= 11 is 8.53. The van der Waals surface area contributed by atoms with E-state index in [1.807, 2.05) is 18.2 Å². The van der Waals surface area contributed by atoms with Gasteiger partial charge in [0.05, 0.1) is 17.0 Å². The van der Waals surface area contributed by atoms with E-state index in [1.54, 1.807) is 23.1 Å². The normalized spacial score (nSPS) is 22.2. The van der Waals surface area contributed by atoms with E-state index in [-0.39, 0.29) is 11.8 Å². The minimum atomic E-state index is 0.0198. The third-order valence-electron chi connectivity index (χ3n) is 3.06. The number of hydrogen-bond acceptors (Lipinski definition) is 4. The van der Waals surface area contributed by atoms with Gasteiger partial charge in [-0.1, -0.05) is 30.3 Å². The first-order chi connectivity index (χ1) is 8.79. The van der Waals surface area contributed by atoms with Crippen molar-refractivity contribution >= 4 is 35.3 Å². The zero-order chi connectivity index (χ0) is 12.5. The van der Waals surface area contributed by atoms with Crippen molar-refractivity contribution in [2.24, 2.45) is 5.92 Å². The second kappa shape index (κ2) is 4.88. The Bertz CT molecular complexity index is 651. The molecule has 0 bridgehead atoms. The van der Waals surface area contributed by atoms with Gasteiger partial charge < -0.3 is 4.98 Å². The highest BCUT2D eigenvalue weighted by Gasteiger charge is 2.33. The Morgan fingerprint density at radius 3 is 2.83 bits per heavy atom. The van der Waals surface area contributed by atoms with E-state index in [0.717, 1.165) is 14.7 Å². The molecule has 1 aromatic carbocycles. The summed E-state index contributed by atoms with van der Waals surface area (Å²) < 4.78 is 0.798. The Morgan fingerprint density at radius 2 is 2.11 bits per heavy atom. The number of aromatic amines is 1. The minimum absolute atomic E-state index is 0.0198. The molecule has 2 heterocycles. The average molecular weight is 290 g/mol. The molecule has 3 rings (SSSR count). The second-order valence-corrected chi connectivity index (χ2v) is 6.89. The molecule has 1 aliphatic rings. The second-order valence-electron chi connectivity index (χ2n) is 4.14. The van der Waals surface area contributed by atoms with Gasteiger partial charge in [0.2, 0.25) is 0 Å². The highest BCUT2D eigenvalue weighted by Crippen LogP contribution is 2.46. The Morgan fingerprint density at radius 1 is 1.33 bits per heavy atom. The molecule has 0 amide bonds. The standard InChI is InChI=1S/C13H10N2S3/c14-6-9-7-17-12-11(18-13(16)15-12)10(9)8-4-2-1-3-5-8/h1-5,9-10H,7H2,(H,15,16). The van der Waals surface area contributed by atoms with Gasteiger partial charge in [0.1, 0.15) is 0 Å². The van der Waals surface area contributed by atoms with Gasteiger partial charge in [0.25, 0.3) is 0 Å². The molecule has 2 aromatic rings. The number of aromatic nitrogens is 1. The van der Waals surface area contributed by atoms with Gasteiger partial charge in [-0.15, -0.1) is 23.1 Å². The van der Waals surface area contributed by atoms with Gasteiger partial charge in [-0.2, -0.15) is 5.26 Å². The lowest BCUT2D eigenvalue weighted by Gasteiger charge is -2.26. The molecule has 0 radical (unpaired) electrons. The monoisotopic (exact) mass is 290 g/mol. The average Bonchev–Trinajstić information content (AvgIpc) is 2.78. The molecule has 1 aromatic heterocycles. The van der Waals surface area contributed by atoms with Crippen LogP contribution in [0, 0.1) is 21.2 Å². The summed E-state index contributed by atoms with van der Waals surface area (Å²) in [6.07, 6.45) is 0. The predicted molar refractivity (Wildman–Crippen MR) is 77.6 cm³/mol. The van der Waals surface area contributed by atoms with Crippen LogP contribution in [0.4, 0.5) is 0 Å². The number of nitriles is 1. The summed E-state index contributed by atoms with van der Waals surface area (Å²) in [6, 6.07) is 12.7. The van der Waals surface area contributed by atoms with Crippen molar-refractivity contribution in [2.45, 2.75) is 10.9 Å². The molecule has 0 spiro atoms. The van der Waals surface area contributed by atoms with Gasteiger partial charge in [-0.25, -0.2) is 0 Å². The first kappa shape index (κ1) is 12.0. The molecule has 0 fully saturated rings. The fourth-order valence-corrected chi connectivity index (χ4v) is 5.03. The number of fused-ring (bicyclic) bond motifs is 1. The van der Waals surface area contributed by atoms with E-state index in [0.29, 0.717) is 0 Å². The summed E-state index contributed by atoms with van der Waals surface area (Å²) in [5, 5.41) is 10.5. The SMILES string of the molecule is N#CC1CSc2[nH]c(=S)sc2C1c1ccccc1. The number of nitrogens with zero attached hydrogens (tertiary/aromatic N) is 1. The first-order valence-corrected chi connectivity index (χ1v) is 7.81. The Hall–Kier alpha value is -1.09. The number of benzene rings is 1. The Labute approximate surface area is 119 Å². The number of nitrogens with one attached hydrogen (secondary N) is 1. The molecule has 0 aliphatic carbocycles. The maximum absolute atomic E-state index is 9.36. The fraction of sp³-hybridized carbons (Fsp3) is 0.231. The van der Waals surface area contributed by atoms with Crippen molar-refractivity contribution in [3.05, 3.63) is 44.7 Å². The van der Waals surface area contributed by atoms with E-state index in [4.69, 9.17) is 12.2 Å². The van der Waals surface area contributed by atoms with Gasteiger partial charge in [-0.3, -0.25) is 0 Å². The van der Waals surface area contributed by atoms with Gasteiger partial charge in [-0.05, 0) is 17.8 Å². The maximum atomic E-state index is 9.36. The molecule has 1 aliphatic heterocycles. The highest BCUT2D eigenvalue weighted by molar-refractivity contribution is 7.99. The molecule has 0 saturated heterocycles. The summed E-state index contributed by atoms with van der Waals surface area (Å²) in [5.41, 5.74) is 1.20. The first-order valence-electron chi connectivity index (χ1n) is 5.60. The van der Waals surface area contributed by atoms with Crippen molar-refractivity contribution in [3.63, 3.8) is 0 Å². The smallest absolute Gasteiger partial charge is 0.159 e. The molecular formula is C13H10N2S3. The van der Waals surface area contributed by atoms with Crippen LogP contribution in [0.5, 0.6) is 0 Å². The van der Waals surface area contributed by atoms with Crippen molar-refractivity contribution in [2.75, 3.05) is 5.75 Å². The van der Waals surface area contributed by atoms with Crippen molar-refractivity contribution in [3.8, 4) is 6.07 Å². The largest absolute Gasteiger partial charge is 0.332 e. The molecule has 18 heavy (non-hydrogen) atoms. The lowest BCUT2D eigenvalue weighted by molar-refractivity contribution is 0.632. The lowest BCUT2D eigenvalue weighted by atomic mass is 9.87. The summed E-state index contributed by atoms with van der Waals surface area (Å²) in [7, 11) is 0. The van der Waals surface area contributed by atoms with E-state index < -0.39 is 0 Å². The van der Waals surface area contributed by atoms with Crippen LogP contribution in [0.25, 0.3) is 0 Å². The topological polar surface area (TPSA) is 39.6 Å². The van der Waals surface area contributed by atoms with Crippen LogP contribution in [0.3, 0.4) is 0 Å². The zero-order valence-corrected chi connectivity index (χ0v) is 11.9. The van der Waals surface area contributed by atoms with E-state index in [2.05, 4.69) is 23.2 Å². The Balaban J connectivity index is 2.15. The zero-order valence-electron chi connectivity index (χ0n) is 9.42. The number of thioether (sulfide) groups is 1. The van der Waals surface area contributed by atoms with Gasteiger partial charge >= 0.3 is 0 Å². The molecule has 2 unspecified atom stereocenters. The van der Waals surface area contributed by atoms with Gasteiger partial charge in [0, 0.05) is 16.5 Å². The molecular weight excluding hydrogens is 280 g/mol. The van der Waals surface area contributed by atoms with Crippen LogP contribution in [0.1, 0.15) is 16.4 Å². The molecule has 2 nitrogen and oxygen atoms in total. The molecule has 90 valence electrons. The molecule has 1 N–H and O–H groups in total. The van der Waals surface area contributed by atoms with Crippen LogP contribution in [0.15, 0.2) is 35.4 Å². The third kappa shape index (κ3) is 2.01. The molecule has 2 atom stereocenters. The minimum Gasteiger partial charge on any atom is -0.332 e. The van der Waals surface area contributed by atoms with E-state index >= 15 is 0 Å². The van der Waals surface area contributed by atoms with E-state index in [9.17, 15) is 5.26 Å². The number of H-pyrrole nitrogens is 1. The number of hydrogen-bond donors (Lipinski definition) is 1. The number of rotatable bonds is 1. The summed E-state index contributed by atoms with van der Waals surface area (Å²) in [6.45, 7) is 0. The van der Waals surface area contributed by atoms with Crippen LogP contribution >= 0.6 is 35.3 Å². The lowest BCUT2D eigenvalue weighted by Crippen LogP contribution is -2.18. The van der Waals surface area contributed by atoms with E-state index in [1.165, 1.54) is 10.4 Å². The van der Waals surface area contributed by atoms with Crippen LogP contribution < -0.4 is 0 Å². The van der Waals surface area contributed by atoms with Crippen LogP contribution in [-0.4, -0.2) is 10.7 Å². The summed E-state index contributed by atoms with van der Waals surface area (Å²) in [5.74, 6) is 1.00. The number of thiazole rings is 1.